The van der Waals surface area contributed by atoms with Crippen LogP contribution < -0.4 is 15.4 Å². The average molecular weight is 479 g/mol. The van der Waals surface area contributed by atoms with E-state index in [1.807, 2.05) is 29.9 Å². The van der Waals surface area contributed by atoms with Crippen LogP contribution in [-0.2, 0) is 13.1 Å². The Bertz CT molecular complexity index is 680. The van der Waals surface area contributed by atoms with Crippen molar-refractivity contribution in [1.82, 2.24) is 20.4 Å². The lowest BCUT2D eigenvalue weighted by Crippen LogP contribution is -2.37. The Labute approximate surface area is 169 Å². The number of hydrogen-bond donors (Lipinski definition) is 2. The van der Waals surface area contributed by atoms with Crippen molar-refractivity contribution in [2.24, 2.45) is 4.99 Å². The molecule has 9 heteroatoms. The van der Waals surface area contributed by atoms with E-state index in [0.717, 1.165) is 18.5 Å². The highest BCUT2D eigenvalue weighted by Crippen LogP contribution is 2.21. The fourth-order valence-electron chi connectivity index (χ4n) is 2.34. The highest BCUT2D eigenvalue weighted by atomic mass is 127. The van der Waals surface area contributed by atoms with Crippen molar-refractivity contribution in [2.45, 2.75) is 33.0 Å². The molecule has 1 heterocycles. The standard InChI is InChI=1S/C17H23F2N5O.HI/c1-13-5-6-15(25-16(18)19)14(11-13)12-22-17(20-2)21-7-3-9-24-10-4-8-23-24;/h4-6,8,10-11,16H,3,7,9,12H2,1-2H3,(H2,20,21,22);1H. The Morgan fingerprint density at radius 1 is 1.35 bits per heavy atom. The fraction of sp³-hybridized carbons (Fsp3) is 0.412. The van der Waals surface area contributed by atoms with Gasteiger partial charge in [-0.15, -0.1) is 24.0 Å². The first-order chi connectivity index (χ1) is 12.1. The zero-order valence-electron chi connectivity index (χ0n) is 14.8. The summed E-state index contributed by atoms with van der Waals surface area (Å²) in [6, 6.07) is 6.99. The number of alkyl halides is 2. The molecule has 1 aromatic carbocycles. The number of aromatic nitrogens is 2. The predicted molar refractivity (Wildman–Crippen MR) is 108 cm³/mol. The summed E-state index contributed by atoms with van der Waals surface area (Å²) < 4.78 is 31.4. The first-order valence-corrected chi connectivity index (χ1v) is 8.05. The zero-order valence-corrected chi connectivity index (χ0v) is 17.1. The van der Waals surface area contributed by atoms with E-state index in [0.29, 0.717) is 24.6 Å². The Balaban J connectivity index is 0.00000338. The summed E-state index contributed by atoms with van der Waals surface area (Å²) in [7, 11) is 1.66. The van der Waals surface area contributed by atoms with Crippen molar-refractivity contribution in [2.75, 3.05) is 13.6 Å². The van der Waals surface area contributed by atoms with Crippen molar-refractivity contribution >= 4 is 29.9 Å². The number of nitrogens with zero attached hydrogens (tertiary/aromatic N) is 3. The molecule has 6 nitrogen and oxygen atoms in total. The number of ether oxygens (including phenoxy) is 1. The molecule has 0 spiro atoms. The van der Waals surface area contributed by atoms with E-state index in [1.165, 1.54) is 0 Å². The van der Waals surface area contributed by atoms with Gasteiger partial charge in [-0.3, -0.25) is 9.67 Å². The summed E-state index contributed by atoms with van der Waals surface area (Å²) >= 11 is 0. The first kappa shape index (κ1) is 22.1. The lowest BCUT2D eigenvalue weighted by Gasteiger charge is -2.15. The van der Waals surface area contributed by atoms with Crippen LogP contribution in [0.3, 0.4) is 0 Å². The minimum Gasteiger partial charge on any atom is -0.434 e. The van der Waals surface area contributed by atoms with Gasteiger partial charge in [-0.2, -0.15) is 13.9 Å². The van der Waals surface area contributed by atoms with Gasteiger partial charge in [0.1, 0.15) is 5.75 Å². The summed E-state index contributed by atoms with van der Waals surface area (Å²) in [6.07, 6.45) is 4.54. The number of aliphatic imine (C=N–C) groups is 1. The van der Waals surface area contributed by atoms with Gasteiger partial charge in [0.15, 0.2) is 5.96 Å². The first-order valence-electron chi connectivity index (χ1n) is 8.05. The third-order valence-corrected chi connectivity index (χ3v) is 3.52. The Kier molecular flexibility index (Phi) is 9.92. The van der Waals surface area contributed by atoms with Gasteiger partial charge in [-0.05, 0) is 25.5 Å². The smallest absolute Gasteiger partial charge is 0.387 e. The largest absolute Gasteiger partial charge is 0.434 e. The molecule has 0 aliphatic heterocycles. The van der Waals surface area contributed by atoms with Crippen LogP contribution in [0.25, 0.3) is 0 Å². The molecule has 0 atom stereocenters. The number of benzene rings is 1. The van der Waals surface area contributed by atoms with Crippen molar-refractivity contribution in [3.05, 3.63) is 47.8 Å². The highest BCUT2D eigenvalue weighted by molar-refractivity contribution is 14.0. The summed E-state index contributed by atoms with van der Waals surface area (Å²) in [4.78, 5) is 4.13. The summed E-state index contributed by atoms with van der Waals surface area (Å²) in [5.41, 5.74) is 1.63. The fourth-order valence-corrected chi connectivity index (χ4v) is 2.34. The van der Waals surface area contributed by atoms with Gasteiger partial charge < -0.3 is 15.4 Å². The molecule has 0 aliphatic carbocycles. The number of rotatable bonds is 8. The second kappa shape index (κ2) is 11.7. The Morgan fingerprint density at radius 3 is 2.81 bits per heavy atom. The Morgan fingerprint density at radius 2 is 2.15 bits per heavy atom. The number of guanidine groups is 1. The highest BCUT2D eigenvalue weighted by Gasteiger charge is 2.10. The lowest BCUT2D eigenvalue weighted by atomic mass is 10.1. The Hall–Kier alpha value is -1.91. The maximum Gasteiger partial charge on any atom is 0.387 e. The maximum absolute atomic E-state index is 12.5. The molecule has 26 heavy (non-hydrogen) atoms. The van der Waals surface area contributed by atoms with Crippen molar-refractivity contribution in [3.63, 3.8) is 0 Å². The molecule has 2 N–H and O–H groups in total. The summed E-state index contributed by atoms with van der Waals surface area (Å²) in [6.45, 7) is 0.913. The molecule has 0 saturated carbocycles. The van der Waals surface area contributed by atoms with Gasteiger partial charge in [-0.1, -0.05) is 17.7 Å². The van der Waals surface area contributed by atoms with Crippen LogP contribution in [0.2, 0.25) is 0 Å². The molecular formula is C17H24F2IN5O. The molecule has 2 aromatic rings. The second-order valence-electron chi connectivity index (χ2n) is 5.46. The minimum atomic E-state index is -2.85. The van der Waals surface area contributed by atoms with E-state index in [-0.39, 0.29) is 29.7 Å². The van der Waals surface area contributed by atoms with Gasteiger partial charge >= 0.3 is 6.61 Å². The third-order valence-electron chi connectivity index (χ3n) is 3.52. The van der Waals surface area contributed by atoms with Crippen LogP contribution in [0.15, 0.2) is 41.7 Å². The van der Waals surface area contributed by atoms with Gasteiger partial charge in [0.25, 0.3) is 0 Å². The number of halogens is 3. The normalized spacial score (nSPS) is 11.2. The zero-order chi connectivity index (χ0) is 18.1. The van der Waals surface area contributed by atoms with Crippen LogP contribution >= 0.6 is 24.0 Å². The monoisotopic (exact) mass is 479 g/mol. The molecule has 0 unspecified atom stereocenters. The minimum absolute atomic E-state index is 0. The van der Waals surface area contributed by atoms with E-state index >= 15 is 0 Å². The quantitative estimate of drug-likeness (QED) is 0.264. The lowest BCUT2D eigenvalue weighted by molar-refractivity contribution is -0.0504. The average Bonchev–Trinajstić information content (AvgIpc) is 3.09. The van der Waals surface area contributed by atoms with Crippen molar-refractivity contribution in [1.29, 1.82) is 0 Å². The van der Waals surface area contributed by atoms with E-state index in [1.54, 1.807) is 25.4 Å². The molecule has 0 saturated heterocycles. The van der Waals surface area contributed by atoms with E-state index in [2.05, 4.69) is 25.5 Å². The molecule has 0 amide bonds. The van der Waals surface area contributed by atoms with Crippen LogP contribution in [-0.4, -0.2) is 35.9 Å². The van der Waals surface area contributed by atoms with Crippen LogP contribution in [0.5, 0.6) is 5.75 Å². The van der Waals surface area contributed by atoms with Crippen LogP contribution in [0, 0.1) is 6.92 Å². The number of aryl methyl sites for hydroxylation is 2. The number of hydrogen-bond acceptors (Lipinski definition) is 3. The molecular weight excluding hydrogens is 455 g/mol. The van der Waals surface area contributed by atoms with Gasteiger partial charge in [-0.25, -0.2) is 0 Å². The van der Waals surface area contributed by atoms with E-state index < -0.39 is 6.61 Å². The van der Waals surface area contributed by atoms with E-state index in [4.69, 9.17) is 0 Å². The topological polar surface area (TPSA) is 63.5 Å². The second-order valence-corrected chi connectivity index (χ2v) is 5.46. The third kappa shape index (κ3) is 7.54. The van der Waals surface area contributed by atoms with E-state index in [9.17, 15) is 8.78 Å². The van der Waals surface area contributed by atoms with Crippen LogP contribution in [0.1, 0.15) is 17.5 Å². The molecule has 0 radical (unpaired) electrons. The van der Waals surface area contributed by atoms with Crippen molar-refractivity contribution in [3.8, 4) is 5.75 Å². The molecule has 2 rings (SSSR count). The van der Waals surface area contributed by atoms with Gasteiger partial charge in [0.05, 0.1) is 0 Å². The van der Waals surface area contributed by atoms with Gasteiger partial charge in [0, 0.05) is 44.6 Å². The molecule has 144 valence electrons. The van der Waals surface area contributed by atoms with Crippen molar-refractivity contribution < 1.29 is 13.5 Å². The van der Waals surface area contributed by atoms with Gasteiger partial charge in [0.2, 0.25) is 0 Å². The maximum atomic E-state index is 12.5. The molecule has 0 aliphatic rings. The molecule has 1 aromatic heterocycles. The SMILES string of the molecule is CN=C(NCCCn1cccn1)NCc1cc(C)ccc1OC(F)F.I. The predicted octanol–water partition coefficient (Wildman–Crippen LogP) is 3.17. The summed E-state index contributed by atoms with van der Waals surface area (Å²) in [5, 5.41) is 10.4. The van der Waals surface area contributed by atoms with Crippen LogP contribution in [0.4, 0.5) is 8.78 Å². The summed E-state index contributed by atoms with van der Waals surface area (Å²) in [5.74, 6) is 0.771. The number of nitrogens with one attached hydrogen (secondary N) is 2. The molecule has 0 bridgehead atoms. The molecule has 0 fully saturated rings.